The van der Waals surface area contributed by atoms with Crippen LogP contribution in [0.25, 0.3) is 5.69 Å². The van der Waals surface area contributed by atoms with Crippen LogP contribution in [0, 0.1) is 12.8 Å². The molecule has 1 aromatic carbocycles. The lowest BCUT2D eigenvalue weighted by atomic mass is 9.95. The van der Waals surface area contributed by atoms with Gasteiger partial charge in [-0.15, -0.1) is 12.4 Å². The Morgan fingerprint density at radius 3 is 2.56 bits per heavy atom. The largest absolute Gasteiger partial charge is 0.481 e. The number of carboxylic acids is 1. The van der Waals surface area contributed by atoms with E-state index in [9.17, 15) is 9.59 Å². The van der Waals surface area contributed by atoms with Gasteiger partial charge in [-0.05, 0) is 69.3 Å². The van der Waals surface area contributed by atoms with Gasteiger partial charge in [-0.2, -0.15) is 9.78 Å². The molecular weight excluding hydrogens is 368 g/mol. The van der Waals surface area contributed by atoms with Gasteiger partial charge in [-0.3, -0.25) is 9.36 Å². The van der Waals surface area contributed by atoms with Crippen molar-refractivity contribution in [1.82, 2.24) is 19.7 Å². The molecule has 1 aliphatic heterocycles. The van der Waals surface area contributed by atoms with Crippen molar-refractivity contribution in [3.63, 3.8) is 0 Å². The summed E-state index contributed by atoms with van der Waals surface area (Å²) >= 11 is 0. The van der Waals surface area contributed by atoms with E-state index in [1.54, 1.807) is 4.57 Å². The van der Waals surface area contributed by atoms with Crippen LogP contribution in [0.15, 0.2) is 29.1 Å². The number of piperidine rings is 1. The van der Waals surface area contributed by atoms with Crippen LogP contribution in [0.4, 0.5) is 0 Å². The molecule has 148 valence electrons. The number of benzene rings is 1. The summed E-state index contributed by atoms with van der Waals surface area (Å²) in [4.78, 5) is 23.4. The van der Waals surface area contributed by atoms with Crippen LogP contribution >= 0.6 is 12.4 Å². The standard InChI is InChI=1S/C19H26N4O3.ClH/c1-14-21-23(17-5-2-15(3-6-17)4-7-18(24)25)19(26)22(14)13-10-16-8-11-20-12-9-16;/h2-3,5-6,16,20H,4,7-13H2,1H3,(H,24,25);1H. The first-order valence-corrected chi connectivity index (χ1v) is 9.23. The van der Waals surface area contributed by atoms with E-state index in [2.05, 4.69) is 10.4 Å². The molecule has 0 atom stereocenters. The lowest BCUT2D eigenvalue weighted by molar-refractivity contribution is -0.136. The van der Waals surface area contributed by atoms with Crippen molar-refractivity contribution in [2.45, 2.75) is 45.6 Å². The average molecular weight is 395 g/mol. The third kappa shape index (κ3) is 5.43. The maximum absolute atomic E-state index is 12.7. The lowest BCUT2D eigenvalue weighted by Crippen LogP contribution is -2.30. The topological polar surface area (TPSA) is 89.2 Å². The summed E-state index contributed by atoms with van der Waals surface area (Å²) in [6, 6.07) is 7.35. The minimum Gasteiger partial charge on any atom is -0.481 e. The summed E-state index contributed by atoms with van der Waals surface area (Å²) in [5.41, 5.74) is 1.53. The zero-order valence-corrected chi connectivity index (χ0v) is 16.4. The number of aliphatic carboxylic acids is 1. The van der Waals surface area contributed by atoms with Gasteiger partial charge in [0.15, 0.2) is 0 Å². The molecule has 1 fully saturated rings. The molecule has 3 rings (SSSR count). The van der Waals surface area contributed by atoms with Crippen LogP contribution in [-0.2, 0) is 17.8 Å². The number of carbonyl (C=O) groups is 1. The Labute approximate surface area is 164 Å². The van der Waals surface area contributed by atoms with Crippen LogP contribution < -0.4 is 11.0 Å². The van der Waals surface area contributed by atoms with Crippen LogP contribution in [-0.4, -0.2) is 38.5 Å². The van der Waals surface area contributed by atoms with E-state index in [1.807, 2.05) is 31.2 Å². The van der Waals surface area contributed by atoms with Gasteiger partial charge in [-0.1, -0.05) is 12.1 Å². The third-order valence-electron chi connectivity index (χ3n) is 5.08. The molecule has 0 amide bonds. The van der Waals surface area contributed by atoms with E-state index in [1.165, 1.54) is 17.5 Å². The van der Waals surface area contributed by atoms with Crippen LogP contribution in [0.1, 0.15) is 37.1 Å². The van der Waals surface area contributed by atoms with Crippen molar-refractivity contribution in [2.75, 3.05) is 13.1 Å². The Kier molecular flexibility index (Phi) is 7.62. The van der Waals surface area contributed by atoms with E-state index >= 15 is 0 Å². The van der Waals surface area contributed by atoms with Gasteiger partial charge < -0.3 is 10.4 Å². The summed E-state index contributed by atoms with van der Waals surface area (Å²) in [5, 5.41) is 16.5. The Morgan fingerprint density at radius 2 is 1.93 bits per heavy atom. The second kappa shape index (κ2) is 9.71. The second-order valence-corrected chi connectivity index (χ2v) is 6.94. The first kappa shape index (κ1) is 21.2. The molecule has 0 saturated carbocycles. The highest BCUT2D eigenvalue weighted by molar-refractivity contribution is 5.85. The Balaban J connectivity index is 0.00000261. The minimum absolute atomic E-state index is 0. The van der Waals surface area contributed by atoms with Crippen molar-refractivity contribution in [2.24, 2.45) is 5.92 Å². The van der Waals surface area contributed by atoms with E-state index < -0.39 is 5.97 Å². The molecule has 2 N–H and O–H groups in total. The van der Waals surface area contributed by atoms with E-state index in [4.69, 9.17) is 5.11 Å². The number of hydrogen-bond donors (Lipinski definition) is 2. The zero-order chi connectivity index (χ0) is 18.5. The quantitative estimate of drug-likeness (QED) is 0.751. The number of hydrogen-bond acceptors (Lipinski definition) is 4. The van der Waals surface area contributed by atoms with E-state index in [0.29, 0.717) is 24.6 Å². The summed E-state index contributed by atoms with van der Waals surface area (Å²) in [6.45, 7) is 4.69. The molecule has 7 nitrogen and oxygen atoms in total. The average Bonchev–Trinajstić information content (AvgIpc) is 2.93. The van der Waals surface area contributed by atoms with Gasteiger partial charge in [0, 0.05) is 13.0 Å². The molecule has 0 radical (unpaired) electrons. The molecule has 0 spiro atoms. The summed E-state index contributed by atoms with van der Waals surface area (Å²) < 4.78 is 3.18. The maximum atomic E-state index is 12.7. The van der Waals surface area contributed by atoms with Crippen molar-refractivity contribution in [3.05, 3.63) is 46.1 Å². The summed E-state index contributed by atoms with van der Waals surface area (Å²) in [7, 11) is 0. The molecular formula is C19H27ClN4O3. The Hall–Kier alpha value is -2.12. The SMILES string of the molecule is Cc1nn(-c2ccc(CCC(=O)O)cc2)c(=O)n1CCC1CCNCC1.Cl. The van der Waals surface area contributed by atoms with Gasteiger partial charge in [0.1, 0.15) is 5.82 Å². The molecule has 0 bridgehead atoms. The molecule has 0 unspecified atom stereocenters. The fourth-order valence-electron chi connectivity index (χ4n) is 3.46. The predicted octanol–water partition coefficient (Wildman–Crippen LogP) is 2.17. The van der Waals surface area contributed by atoms with Gasteiger partial charge in [0.05, 0.1) is 5.69 Å². The second-order valence-electron chi connectivity index (χ2n) is 6.94. The molecule has 2 aromatic rings. The monoisotopic (exact) mass is 394 g/mol. The highest BCUT2D eigenvalue weighted by Gasteiger charge is 2.16. The molecule has 0 aliphatic carbocycles. The van der Waals surface area contributed by atoms with Gasteiger partial charge in [-0.25, -0.2) is 4.79 Å². The fraction of sp³-hybridized carbons (Fsp3) is 0.526. The number of aryl methyl sites for hydroxylation is 2. The van der Waals surface area contributed by atoms with Gasteiger partial charge in [0.25, 0.3) is 0 Å². The number of carboxylic acid groups (broad SMARTS) is 1. The zero-order valence-electron chi connectivity index (χ0n) is 15.6. The number of rotatable bonds is 7. The number of aromatic nitrogens is 3. The molecule has 1 aliphatic rings. The molecule has 1 aromatic heterocycles. The lowest BCUT2D eigenvalue weighted by Gasteiger charge is -2.22. The molecule has 8 heteroatoms. The smallest absolute Gasteiger partial charge is 0.350 e. The molecule has 1 saturated heterocycles. The van der Waals surface area contributed by atoms with Crippen LogP contribution in [0.2, 0.25) is 0 Å². The van der Waals surface area contributed by atoms with Crippen molar-refractivity contribution in [1.29, 1.82) is 0 Å². The summed E-state index contributed by atoms with van der Waals surface area (Å²) in [6.07, 6.45) is 3.92. The van der Waals surface area contributed by atoms with Gasteiger partial charge in [0.2, 0.25) is 0 Å². The normalized spacial score (nSPS) is 14.7. The highest BCUT2D eigenvalue weighted by Crippen LogP contribution is 2.17. The van der Waals surface area contributed by atoms with Crippen molar-refractivity contribution >= 4 is 18.4 Å². The molecule has 27 heavy (non-hydrogen) atoms. The Morgan fingerprint density at radius 1 is 1.26 bits per heavy atom. The van der Waals surface area contributed by atoms with Crippen molar-refractivity contribution < 1.29 is 9.90 Å². The fourth-order valence-corrected chi connectivity index (χ4v) is 3.46. The van der Waals surface area contributed by atoms with Gasteiger partial charge >= 0.3 is 11.7 Å². The van der Waals surface area contributed by atoms with Crippen LogP contribution in [0.3, 0.4) is 0 Å². The first-order chi connectivity index (χ1) is 12.5. The van der Waals surface area contributed by atoms with E-state index in [-0.39, 0.29) is 24.5 Å². The predicted molar refractivity (Wildman–Crippen MR) is 106 cm³/mol. The molecule has 2 heterocycles. The number of halogens is 1. The third-order valence-corrected chi connectivity index (χ3v) is 5.08. The Bertz CT molecular complexity index is 807. The number of nitrogens with one attached hydrogen (secondary N) is 1. The minimum atomic E-state index is -0.812. The first-order valence-electron chi connectivity index (χ1n) is 9.23. The van der Waals surface area contributed by atoms with E-state index in [0.717, 1.165) is 30.9 Å². The summed E-state index contributed by atoms with van der Waals surface area (Å²) in [5.74, 6) is 0.576. The maximum Gasteiger partial charge on any atom is 0.350 e. The van der Waals surface area contributed by atoms with Crippen molar-refractivity contribution in [3.8, 4) is 5.69 Å². The highest BCUT2D eigenvalue weighted by atomic mass is 35.5. The van der Waals surface area contributed by atoms with Crippen LogP contribution in [0.5, 0.6) is 0 Å². The number of nitrogens with zero attached hydrogens (tertiary/aromatic N) is 3.